The lowest BCUT2D eigenvalue weighted by atomic mass is 9.98. The molecule has 0 heterocycles. The molecule has 1 saturated carbocycles. The van der Waals surface area contributed by atoms with Gasteiger partial charge < -0.3 is 0 Å². The molecule has 0 spiro atoms. The largest absolute Gasteiger partial charge is 0.298 e. The van der Waals surface area contributed by atoms with Crippen LogP contribution in [0.4, 0.5) is 0 Å². The maximum Gasteiger partial charge on any atom is 0.181 e. The Bertz CT molecular complexity index is 316. The van der Waals surface area contributed by atoms with Crippen molar-refractivity contribution in [3.05, 3.63) is 0 Å². The van der Waals surface area contributed by atoms with Crippen molar-refractivity contribution in [2.24, 2.45) is 0 Å². The van der Waals surface area contributed by atoms with Gasteiger partial charge in [0.05, 0.1) is 0 Å². The number of alkyl halides is 1. The molecule has 4 nitrogen and oxygen atoms in total. The molecule has 6 heteroatoms. The summed E-state index contributed by atoms with van der Waals surface area (Å²) >= 11 is 5.16. The first kappa shape index (κ1) is 10.7. The van der Waals surface area contributed by atoms with E-state index in [2.05, 4.69) is 0 Å². The van der Waals surface area contributed by atoms with Gasteiger partial charge in [-0.1, -0.05) is 0 Å². The van der Waals surface area contributed by atoms with Crippen molar-refractivity contribution in [2.75, 3.05) is 5.21 Å². The van der Waals surface area contributed by atoms with Crippen LogP contribution in [0.1, 0.15) is 19.3 Å². The molecule has 1 aliphatic rings. The molecule has 1 rings (SSSR count). The Kier molecular flexibility index (Phi) is 3.08. The summed E-state index contributed by atoms with van der Waals surface area (Å²) in [4.78, 5) is 22.3. The van der Waals surface area contributed by atoms with E-state index >= 15 is 0 Å². The number of Topliss-reactive ketones (excluding diaryl/α,β-unsaturated/α-hetero) is 2. The summed E-state index contributed by atoms with van der Waals surface area (Å²) in [7, 11) is -3.75. The number of hydrogen-bond acceptors (Lipinski definition) is 4. The van der Waals surface area contributed by atoms with Gasteiger partial charge in [0.1, 0.15) is 5.21 Å². The fraction of sp³-hybridized carbons (Fsp3) is 0.714. The molecule has 0 bridgehead atoms. The van der Waals surface area contributed by atoms with Crippen molar-refractivity contribution in [1.29, 1.82) is 0 Å². The SMILES string of the molecule is O=C1CCCC(=O)C1S(=O)(=O)CCl. The maximum atomic E-state index is 11.2. The van der Waals surface area contributed by atoms with Gasteiger partial charge in [0.2, 0.25) is 0 Å². The standard InChI is InChI=1S/C7H9ClO4S/c8-4-13(11,12)7-5(9)2-1-3-6(7)10/h7H,1-4H2. The van der Waals surface area contributed by atoms with Gasteiger partial charge in [-0.05, 0) is 6.42 Å². The third-order valence-corrected chi connectivity index (χ3v) is 4.40. The third kappa shape index (κ3) is 2.08. The normalized spacial score (nSPS) is 20.7. The fourth-order valence-corrected chi connectivity index (χ4v) is 2.88. The molecule has 0 saturated heterocycles. The summed E-state index contributed by atoms with van der Waals surface area (Å²) in [6.07, 6.45) is 0.769. The zero-order chi connectivity index (χ0) is 10.1. The average molecular weight is 225 g/mol. The molecule has 1 fully saturated rings. The van der Waals surface area contributed by atoms with Gasteiger partial charge in [-0.3, -0.25) is 9.59 Å². The van der Waals surface area contributed by atoms with Gasteiger partial charge in [-0.25, -0.2) is 8.42 Å². The molecule has 74 valence electrons. The Hall–Kier alpha value is -0.420. The summed E-state index contributed by atoms with van der Waals surface area (Å²) in [6, 6.07) is 0. The van der Waals surface area contributed by atoms with Crippen LogP contribution in [0.5, 0.6) is 0 Å². The predicted octanol–water partition coefficient (Wildman–Crippen LogP) is 0.288. The van der Waals surface area contributed by atoms with Crippen LogP contribution in [0.3, 0.4) is 0 Å². The molecule has 0 amide bonds. The molecule has 0 aromatic heterocycles. The summed E-state index contributed by atoms with van der Waals surface area (Å²) in [5, 5.41) is -2.16. The van der Waals surface area contributed by atoms with Crippen LogP contribution >= 0.6 is 11.6 Å². The van der Waals surface area contributed by atoms with E-state index < -0.39 is 31.9 Å². The lowest BCUT2D eigenvalue weighted by Crippen LogP contribution is -2.41. The molecule has 13 heavy (non-hydrogen) atoms. The van der Waals surface area contributed by atoms with Crippen LogP contribution in [0.2, 0.25) is 0 Å². The second-order valence-corrected chi connectivity index (χ2v) is 5.61. The van der Waals surface area contributed by atoms with Crippen LogP contribution < -0.4 is 0 Å². The molecule has 0 aliphatic heterocycles. The van der Waals surface area contributed by atoms with Gasteiger partial charge in [-0.15, -0.1) is 11.6 Å². The van der Waals surface area contributed by atoms with E-state index in [0.717, 1.165) is 0 Å². The summed E-state index contributed by atoms with van der Waals surface area (Å²) in [6.45, 7) is 0. The first-order valence-corrected chi connectivity index (χ1v) is 6.07. The zero-order valence-electron chi connectivity index (χ0n) is 6.82. The van der Waals surface area contributed by atoms with E-state index in [4.69, 9.17) is 11.6 Å². The van der Waals surface area contributed by atoms with Crippen molar-refractivity contribution in [2.45, 2.75) is 24.5 Å². The van der Waals surface area contributed by atoms with Gasteiger partial charge in [0.25, 0.3) is 0 Å². The summed E-state index contributed by atoms with van der Waals surface area (Å²) < 4.78 is 22.4. The number of ketones is 2. The highest BCUT2D eigenvalue weighted by atomic mass is 35.5. The van der Waals surface area contributed by atoms with Crippen LogP contribution in [0.15, 0.2) is 0 Å². The number of carbonyl (C=O) groups is 2. The Morgan fingerprint density at radius 2 is 1.69 bits per heavy atom. The van der Waals surface area contributed by atoms with Crippen molar-refractivity contribution in [3.8, 4) is 0 Å². The maximum absolute atomic E-state index is 11.2. The second kappa shape index (κ2) is 3.75. The number of sulfone groups is 1. The zero-order valence-corrected chi connectivity index (χ0v) is 8.40. The first-order valence-electron chi connectivity index (χ1n) is 3.82. The van der Waals surface area contributed by atoms with E-state index in [-0.39, 0.29) is 12.8 Å². The van der Waals surface area contributed by atoms with E-state index in [1.807, 2.05) is 0 Å². The summed E-state index contributed by atoms with van der Waals surface area (Å²) in [5.74, 6) is -1.03. The van der Waals surface area contributed by atoms with Gasteiger partial charge >= 0.3 is 0 Å². The topological polar surface area (TPSA) is 68.3 Å². The average Bonchev–Trinajstić information content (AvgIpc) is 2.03. The van der Waals surface area contributed by atoms with Crippen LogP contribution in [0, 0.1) is 0 Å². The Morgan fingerprint density at radius 3 is 2.08 bits per heavy atom. The lowest BCUT2D eigenvalue weighted by Gasteiger charge is -2.17. The lowest BCUT2D eigenvalue weighted by molar-refractivity contribution is -0.128. The highest BCUT2D eigenvalue weighted by Gasteiger charge is 2.39. The van der Waals surface area contributed by atoms with Gasteiger partial charge in [0, 0.05) is 12.8 Å². The Balaban J connectivity index is 3.00. The molecule has 1 aliphatic carbocycles. The minimum atomic E-state index is -3.75. The molecule has 0 atom stereocenters. The molecule has 0 N–H and O–H groups in total. The predicted molar refractivity (Wildman–Crippen MR) is 47.3 cm³/mol. The molecule has 0 radical (unpaired) electrons. The number of carbonyl (C=O) groups excluding carboxylic acids is 2. The fourth-order valence-electron chi connectivity index (χ4n) is 1.34. The number of halogens is 1. The van der Waals surface area contributed by atoms with Crippen molar-refractivity contribution in [3.63, 3.8) is 0 Å². The van der Waals surface area contributed by atoms with Crippen LogP contribution in [-0.4, -0.2) is 30.4 Å². The number of rotatable bonds is 2. The minimum Gasteiger partial charge on any atom is -0.298 e. The first-order chi connectivity index (χ1) is 5.99. The van der Waals surface area contributed by atoms with Gasteiger partial charge in [-0.2, -0.15) is 0 Å². The monoisotopic (exact) mass is 224 g/mol. The van der Waals surface area contributed by atoms with E-state index in [1.165, 1.54) is 0 Å². The molecule has 0 aromatic carbocycles. The third-order valence-electron chi connectivity index (χ3n) is 1.94. The molecule has 0 aromatic rings. The van der Waals surface area contributed by atoms with Crippen molar-refractivity contribution >= 4 is 33.0 Å². The quantitative estimate of drug-likeness (QED) is 0.499. The van der Waals surface area contributed by atoms with Crippen LogP contribution in [0.25, 0.3) is 0 Å². The van der Waals surface area contributed by atoms with Crippen molar-refractivity contribution in [1.82, 2.24) is 0 Å². The molecular formula is C7H9ClO4S. The van der Waals surface area contributed by atoms with E-state index in [9.17, 15) is 18.0 Å². The van der Waals surface area contributed by atoms with E-state index in [0.29, 0.717) is 6.42 Å². The minimum absolute atomic E-state index is 0.159. The summed E-state index contributed by atoms with van der Waals surface area (Å²) in [5.41, 5.74) is 0. The highest BCUT2D eigenvalue weighted by molar-refractivity contribution is 7.94. The van der Waals surface area contributed by atoms with Gasteiger partial charge in [0.15, 0.2) is 26.7 Å². The molecular weight excluding hydrogens is 216 g/mol. The number of hydrogen-bond donors (Lipinski definition) is 0. The van der Waals surface area contributed by atoms with Crippen molar-refractivity contribution < 1.29 is 18.0 Å². The smallest absolute Gasteiger partial charge is 0.181 e. The Morgan fingerprint density at radius 1 is 1.23 bits per heavy atom. The van der Waals surface area contributed by atoms with Crippen LogP contribution in [-0.2, 0) is 19.4 Å². The Labute approximate surface area is 81.2 Å². The highest BCUT2D eigenvalue weighted by Crippen LogP contribution is 2.19. The second-order valence-electron chi connectivity index (χ2n) is 2.94. The van der Waals surface area contributed by atoms with E-state index in [1.54, 1.807) is 0 Å². The molecule has 0 unspecified atom stereocenters.